The van der Waals surface area contributed by atoms with Crippen LogP contribution in [0.1, 0.15) is 30.3 Å². The van der Waals surface area contributed by atoms with Gasteiger partial charge in [0.2, 0.25) is 0 Å². The highest BCUT2D eigenvalue weighted by molar-refractivity contribution is 14.0. The average Bonchev–Trinajstić information content (AvgIpc) is 3.49. The summed E-state index contributed by atoms with van der Waals surface area (Å²) in [6.07, 6.45) is 5.42. The van der Waals surface area contributed by atoms with Gasteiger partial charge in [0.1, 0.15) is 18.1 Å². The SMILES string of the molecule is I.c1coc(CCNC(=NCc2nnc3n2CCC3)Nc2ccc3c(c2)OCCCO3)c1. The minimum Gasteiger partial charge on any atom is -0.490 e. The molecule has 4 heterocycles. The van der Waals surface area contributed by atoms with Crippen molar-refractivity contribution < 1.29 is 13.9 Å². The van der Waals surface area contributed by atoms with Crippen molar-refractivity contribution in [3.63, 3.8) is 0 Å². The van der Waals surface area contributed by atoms with Gasteiger partial charge in [-0.15, -0.1) is 34.2 Å². The monoisotopic (exact) mass is 550 g/mol. The predicted molar refractivity (Wildman–Crippen MR) is 131 cm³/mol. The van der Waals surface area contributed by atoms with Crippen LogP contribution in [0.5, 0.6) is 11.5 Å². The lowest BCUT2D eigenvalue weighted by molar-refractivity contribution is 0.297. The Balaban J connectivity index is 0.00000245. The zero-order valence-electron chi connectivity index (χ0n) is 17.7. The first-order valence-electron chi connectivity index (χ1n) is 10.7. The standard InChI is InChI=1S/C22H26N6O3.HI/c1-5-20-26-27-21(28(20)10-1)15-24-22(23-9-8-17-4-2-11-29-17)25-16-6-7-18-19(14-16)31-13-3-12-30-18;/h2,4,6-7,11,14H,1,3,5,8-10,12-13,15H2,(H2,23,24,25);1H. The van der Waals surface area contributed by atoms with Gasteiger partial charge < -0.3 is 29.1 Å². The van der Waals surface area contributed by atoms with Crippen LogP contribution in [0.15, 0.2) is 46.0 Å². The summed E-state index contributed by atoms with van der Waals surface area (Å²) >= 11 is 0. The summed E-state index contributed by atoms with van der Waals surface area (Å²) < 4.78 is 19.1. The van der Waals surface area contributed by atoms with Crippen molar-refractivity contribution in [2.45, 2.75) is 38.8 Å². The highest BCUT2D eigenvalue weighted by Gasteiger charge is 2.17. The smallest absolute Gasteiger partial charge is 0.196 e. The van der Waals surface area contributed by atoms with Crippen LogP contribution in [0, 0.1) is 0 Å². The van der Waals surface area contributed by atoms with E-state index in [2.05, 4.69) is 25.4 Å². The predicted octanol–water partition coefficient (Wildman–Crippen LogP) is 3.40. The molecule has 32 heavy (non-hydrogen) atoms. The van der Waals surface area contributed by atoms with Gasteiger partial charge in [0.05, 0.1) is 19.5 Å². The van der Waals surface area contributed by atoms with E-state index in [0.717, 1.165) is 66.8 Å². The number of ether oxygens (including phenoxy) is 2. The highest BCUT2D eigenvalue weighted by Crippen LogP contribution is 2.32. The molecule has 170 valence electrons. The molecule has 0 saturated heterocycles. The van der Waals surface area contributed by atoms with Gasteiger partial charge in [-0.05, 0) is 30.7 Å². The van der Waals surface area contributed by atoms with E-state index in [1.54, 1.807) is 6.26 Å². The molecule has 2 aliphatic heterocycles. The molecule has 0 unspecified atom stereocenters. The van der Waals surface area contributed by atoms with Gasteiger partial charge in [0.15, 0.2) is 23.3 Å². The molecule has 0 saturated carbocycles. The fourth-order valence-electron chi connectivity index (χ4n) is 3.75. The molecule has 0 radical (unpaired) electrons. The Hall–Kier alpha value is -2.76. The number of nitrogens with one attached hydrogen (secondary N) is 2. The molecule has 1 aromatic carbocycles. The van der Waals surface area contributed by atoms with E-state index in [9.17, 15) is 0 Å². The van der Waals surface area contributed by atoms with Crippen molar-refractivity contribution in [2.24, 2.45) is 4.99 Å². The zero-order chi connectivity index (χ0) is 20.9. The van der Waals surface area contributed by atoms with Crippen molar-refractivity contribution in [2.75, 3.05) is 25.1 Å². The number of fused-ring (bicyclic) bond motifs is 2. The quantitative estimate of drug-likeness (QED) is 0.276. The van der Waals surface area contributed by atoms with E-state index in [1.807, 2.05) is 30.3 Å². The van der Waals surface area contributed by atoms with Gasteiger partial charge in [-0.2, -0.15) is 0 Å². The van der Waals surface area contributed by atoms with Crippen molar-refractivity contribution in [1.29, 1.82) is 0 Å². The van der Waals surface area contributed by atoms with Gasteiger partial charge in [0, 0.05) is 44.1 Å². The number of nitrogens with zero attached hydrogens (tertiary/aromatic N) is 4. The molecule has 0 bridgehead atoms. The minimum atomic E-state index is 0. The largest absolute Gasteiger partial charge is 0.490 e. The third-order valence-electron chi connectivity index (χ3n) is 5.32. The third-order valence-corrected chi connectivity index (χ3v) is 5.32. The molecule has 3 aromatic rings. The fourth-order valence-corrected chi connectivity index (χ4v) is 3.75. The molecule has 2 aromatic heterocycles. The van der Waals surface area contributed by atoms with Crippen LogP contribution in [-0.2, 0) is 25.9 Å². The van der Waals surface area contributed by atoms with Crippen LogP contribution in [0.4, 0.5) is 5.69 Å². The Kier molecular flexibility index (Phi) is 7.51. The van der Waals surface area contributed by atoms with E-state index in [-0.39, 0.29) is 24.0 Å². The van der Waals surface area contributed by atoms with Crippen LogP contribution >= 0.6 is 24.0 Å². The van der Waals surface area contributed by atoms with Crippen LogP contribution in [-0.4, -0.2) is 40.5 Å². The Morgan fingerprint density at radius 3 is 2.88 bits per heavy atom. The number of benzene rings is 1. The number of aromatic nitrogens is 3. The highest BCUT2D eigenvalue weighted by atomic mass is 127. The van der Waals surface area contributed by atoms with Crippen LogP contribution in [0.3, 0.4) is 0 Å². The van der Waals surface area contributed by atoms with Crippen molar-refractivity contribution in [3.8, 4) is 11.5 Å². The van der Waals surface area contributed by atoms with Crippen LogP contribution in [0.2, 0.25) is 0 Å². The van der Waals surface area contributed by atoms with Crippen LogP contribution < -0.4 is 20.1 Å². The zero-order valence-corrected chi connectivity index (χ0v) is 20.1. The van der Waals surface area contributed by atoms with Gasteiger partial charge in [-0.25, -0.2) is 4.99 Å². The number of hydrogen-bond donors (Lipinski definition) is 2. The maximum absolute atomic E-state index is 5.81. The number of guanidine groups is 1. The maximum Gasteiger partial charge on any atom is 0.196 e. The van der Waals surface area contributed by atoms with E-state index in [1.165, 1.54) is 0 Å². The molecule has 2 aliphatic rings. The number of hydrogen-bond acceptors (Lipinski definition) is 6. The molecule has 0 aliphatic carbocycles. The lowest BCUT2D eigenvalue weighted by Crippen LogP contribution is -2.32. The molecule has 0 amide bonds. The lowest BCUT2D eigenvalue weighted by Gasteiger charge is -2.14. The summed E-state index contributed by atoms with van der Waals surface area (Å²) in [4.78, 5) is 4.76. The maximum atomic E-state index is 5.81. The molecule has 0 atom stereocenters. The molecule has 5 rings (SSSR count). The Morgan fingerprint density at radius 2 is 2.00 bits per heavy atom. The molecule has 0 fully saturated rings. The average molecular weight is 550 g/mol. The number of aryl methyl sites for hydroxylation is 1. The third kappa shape index (κ3) is 5.34. The molecular formula is C22H27IN6O3. The van der Waals surface area contributed by atoms with Gasteiger partial charge in [-0.1, -0.05) is 0 Å². The van der Waals surface area contributed by atoms with E-state index in [4.69, 9.17) is 18.9 Å². The number of furan rings is 1. The fraction of sp³-hybridized carbons (Fsp3) is 0.409. The molecule has 10 heteroatoms. The minimum absolute atomic E-state index is 0. The number of rotatable bonds is 6. The first kappa shape index (κ1) is 22.4. The topological polar surface area (TPSA) is 98.7 Å². The number of anilines is 1. The first-order valence-corrected chi connectivity index (χ1v) is 10.7. The summed E-state index contributed by atoms with van der Waals surface area (Å²) in [6.45, 7) is 3.42. The van der Waals surface area contributed by atoms with Crippen LogP contribution in [0.25, 0.3) is 0 Å². The first-order chi connectivity index (χ1) is 15.3. The van der Waals surface area contributed by atoms with Gasteiger partial charge in [0.25, 0.3) is 0 Å². The van der Waals surface area contributed by atoms with Crippen molar-refractivity contribution in [3.05, 3.63) is 54.0 Å². The number of halogens is 1. The van der Waals surface area contributed by atoms with Gasteiger partial charge in [-0.3, -0.25) is 0 Å². The summed E-state index contributed by atoms with van der Waals surface area (Å²) in [5, 5.41) is 15.3. The normalized spacial score (nSPS) is 14.9. The molecule has 2 N–H and O–H groups in total. The lowest BCUT2D eigenvalue weighted by atomic mass is 10.2. The van der Waals surface area contributed by atoms with E-state index >= 15 is 0 Å². The van der Waals surface area contributed by atoms with Crippen molar-refractivity contribution in [1.82, 2.24) is 20.1 Å². The Morgan fingerprint density at radius 1 is 1.09 bits per heavy atom. The number of aliphatic imine (C=N–C) groups is 1. The molecular weight excluding hydrogens is 523 g/mol. The van der Waals surface area contributed by atoms with E-state index < -0.39 is 0 Å². The van der Waals surface area contributed by atoms with Gasteiger partial charge >= 0.3 is 0 Å². The summed E-state index contributed by atoms with van der Waals surface area (Å²) in [6, 6.07) is 9.70. The second-order valence-electron chi connectivity index (χ2n) is 7.55. The van der Waals surface area contributed by atoms with E-state index in [0.29, 0.717) is 32.3 Å². The summed E-state index contributed by atoms with van der Waals surface area (Å²) in [5.41, 5.74) is 0.875. The second-order valence-corrected chi connectivity index (χ2v) is 7.55. The molecule has 0 spiro atoms. The summed E-state index contributed by atoms with van der Waals surface area (Å²) in [7, 11) is 0. The molecule has 9 nitrogen and oxygen atoms in total. The Labute approximate surface area is 203 Å². The Bertz CT molecular complexity index is 1050. The second kappa shape index (κ2) is 10.7. The van der Waals surface area contributed by atoms with Crippen molar-refractivity contribution >= 4 is 35.6 Å². The summed E-state index contributed by atoms with van der Waals surface area (Å²) in [5.74, 6) is 5.04.